The fourth-order valence-corrected chi connectivity index (χ4v) is 1.81. The average molecular weight is 305 g/mol. The van der Waals surface area contributed by atoms with Gasteiger partial charge in [-0.15, -0.1) is 0 Å². The fraction of sp³-hybridized carbons (Fsp3) is 0.333. The van der Waals surface area contributed by atoms with Gasteiger partial charge in [-0.25, -0.2) is 0 Å². The molecule has 0 aliphatic carbocycles. The van der Waals surface area contributed by atoms with Crippen molar-refractivity contribution in [1.82, 2.24) is 5.32 Å². The third-order valence-electron chi connectivity index (χ3n) is 2.17. The van der Waals surface area contributed by atoms with Gasteiger partial charge < -0.3 is 15.7 Å². The number of hydrogen-bond donors (Lipinski definition) is 3. The van der Waals surface area contributed by atoms with Crippen LogP contribution in [0.25, 0.3) is 0 Å². The topological polar surface area (TPSA) is 78.4 Å². The zero-order valence-corrected chi connectivity index (χ0v) is 11.8. The Balaban J connectivity index is 2.52. The SMILES string of the molecule is CC(O)CCNC(=O)C(=O)Nc1cc(Cl)cc(Cl)c1. The number of anilines is 1. The second-order valence-corrected chi connectivity index (χ2v) is 4.88. The standard InChI is InChI=1S/C12H14Cl2N2O3/c1-7(17)2-3-15-11(18)12(19)16-10-5-8(13)4-9(14)6-10/h4-7,17H,2-3H2,1H3,(H,15,18)(H,16,19). The summed E-state index contributed by atoms with van der Waals surface area (Å²) in [5.41, 5.74) is 0.341. The van der Waals surface area contributed by atoms with Gasteiger partial charge in [-0.1, -0.05) is 23.2 Å². The first-order valence-electron chi connectivity index (χ1n) is 5.62. The Morgan fingerprint density at radius 2 is 1.79 bits per heavy atom. The molecule has 1 aromatic carbocycles. The van der Waals surface area contributed by atoms with Crippen molar-refractivity contribution in [3.05, 3.63) is 28.2 Å². The van der Waals surface area contributed by atoms with Crippen LogP contribution in [0, 0.1) is 0 Å². The van der Waals surface area contributed by atoms with E-state index in [2.05, 4.69) is 10.6 Å². The lowest BCUT2D eigenvalue weighted by Crippen LogP contribution is -2.36. The van der Waals surface area contributed by atoms with E-state index in [0.29, 0.717) is 22.2 Å². The largest absolute Gasteiger partial charge is 0.393 e. The van der Waals surface area contributed by atoms with Crippen molar-refractivity contribution in [1.29, 1.82) is 0 Å². The molecule has 19 heavy (non-hydrogen) atoms. The summed E-state index contributed by atoms with van der Waals surface area (Å²) in [6, 6.07) is 4.48. The molecule has 0 aliphatic heterocycles. The Bertz CT molecular complexity index is 458. The third kappa shape index (κ3) is 5.92. The van der Waals surface area contributed by atoms with Crippen LogP contribution < -0.4 is 10.6 Å². The van der Waals surface area contributed by atoms with Crippen LogP contribution in [-0.4, -0.2) is 29.6 Å². The van der Waals surface area contributed by atoms with E-state index in [0.717, 1.165) is 0 Å². The molecular formula is C12H14Cl2N2O3. The number of rotatable bonds is 4. The fourth-order valence-electron chi connectivity index (χ4n) is 1.29. The van der Waals surface area contributed by atoms with Crippen molar-refractivity contribution >= 4 is 40.7 Å². The van der Waals surface area contributed by atoms with Crippen LogP contribution in [0.4, 0.5) is 5.69 Å². The van der Waals surface area contributed by atoms with E-state index in [1.54, 1.807) is 6.92 Å². The third-order valence-corrected chi connectivity index (χ3v) is 2.61. The average Bonchev–Trinajstić information content (AvgIpc) is 2.26. The summed E-state index contributed by atoms with van der Waals surface area (Å²) < 4.78 is 0. The van der Waals surface area contributed by atoms with Gasteiger partial charge in [0.2, 0.25) is 0 Å². The summed E-state index contributed by atoms with van der Waals surface area (Å²) in [6.07, 6.45) is -0.155. The van der Waals surface area contributed by atoms with Crippen LogP contribution >= 0.6 is 23.2 Å². The van der Waals surface area contributed by atoms with E-state index in [-0.39, 0.29) is 6.54 Å². The monoisotopic (exact) mass is 304 g/mol. The quantitative estimate of drug-likeness (QED) is 0.742. The number of amides is 2. The van der Waals surface area contributed by atoms with E-state index in [1.807, 2.05) is 0 Å². The number of carbonyl (C=O) groups is 2. The minimum absolute atomic E-state index is 0.222. The van der Waals surface area contributed by atoms with Gasteiger partial charge in [-0.2, -0.15) is 0 Å². The smallest absolute Gasteiger partial charge is 0.313 e. The zero-order chi connectivity index (χ0) is 14.4. The lowest BCUT2D eigenvalue weighted by molar-refractivity contribution is -0.136. The molecule has 7 heteroatoms. The molecule has 0 saturated heterocycles. The molecule has 2 amide bonds. The van der Waals surface area contributed by atoms with Gasteiger partial charge in [0.1, 0.15) is 0 Å². The maximum atomic E-state index is 11.5. The molecule has 1 unspecified atom stereocenters. The molecule has 5 nitrogen and oxygen atoms in total. The Morgan fingerprint density at radius 1 is 1.21 bits per heavy atom. The van der Waals surface area contributed by atoms with Gasteiger partial charge in [0.15, 0.2) is 0 Å². The maximum Gasteiger partial charge on any atom is 0.313 e. The molecule has 0 saturated carbocycles. The Kier molecular flexibility index (Phi) is 6.08. The summed E-state index contributed by atoms with van der Waals surface area (Å²) in [5.74, 6) is -1.60. The molecule has 0 aromatic heterocycles. The number of carbonyl (C=O) groups excluding carboxylic acids is 2. The van der Waals surface area contributed by atoms with Crippen molar-refractivity contribution in [2.45, 2.75) is 19.4 Å². The first kappa shape index (κ1) is 15.8. The maximum absolute atomic E-state index is 11.5. The molecule has 3 N–H and O–H groups in total. The Hall–Kier alpha value is -1.30. The highest BCUT2D eigenvalue weighted by atomic mass is 35.5. The van der Waals surface area contributed by atoms with Gasteiger partial charge in [0, 0.05) is 22.3 Å². The summed E-state index contributed by atoms with van der Waals surface area (Å²) in [7, 11) is 0. The molecule has 1 atom stereocenters. The van der Waals surface area contributed by atoms with Crippen LogP contribution in [0.15, 0.2) is 18.2 Å². The number of hydrogen-bond acceptors (Lipinski definition) is 3. The van der Waals surface area contributed by atoms with Crippen molar-refractivity contribution < 1.29 is 14.7 Å². The van der Waals surface area contributed by atoms with Crippen LogP contribution in [0.3, 0.4) is 0 Å². The van der Waals surface area contributed by atoms with E-state index in [9.17, 15) is 9.59 Å². The lowest BCUT2D eigenvalue weighted by atomic mass is 10.3. The normalized spacial score (nSPS) is 11.8. The van der Waals surface area contributed by atoms with Crippen LogP contribution in [0.5, 0.6) is 0 Å². The van der Waals surface area contributed by atoms with Crippen molar-refractivity contribution in [3.63, 3.8) is 0 Å². The number of aliphatic hydroxyl groups is 1. The van der Waals surface area contributed by atoms with Gasteiger partial charge in [-0.3, -0.25) is 9.59 Å². The summed E-state index contributed by atoms with van der Waals surface area (Å²) in [6.45, 7) is 1.82. The first-order chi connectivity index (χ1) is 8.88. The van der Waals surface area contributed by atoms with E-state index < -0.39 is 17.9 Å². The van der Waals surface area contributed by atoms with E-state index >= 15 is 0 Å². The molecule has 1 rings (SSSR count). The van der Waals surface area contributed by atoms with Gasteiger partial charge in [0.25, 0.3) is 0 Å². The lowest BCUT2D eigenvalue weighted by Gasteiger charge is -2.08. The summed E-state index contributed by atoms with van der Waals surface area (Å²) >= 11 is 11.5. The summed E-state index contributed by atoms with van der Waals surface area (Å²) in [4.78, 5) is 23.0. The number of halogens is 2. The van der Waals surface area contributed by atoms with Gasteiger partial charge in [-0.05, 0) is 31.5 Å². The molecule has 104 valence electrons. The van der Waals surface area contributed by atoms with Crippen molar-refractivity contribution in [2.75, 3.05) is 11.9 Å². The molecule has 0 aliphatic rings. The van der Waals surface area contributed by atoms with Gasteiger partial charge in [0.05, 0.1) is 6.10 Å². The Morgan fingerprint density at radius 3 is 2.32 bits per heavy atom. The molecular weight excluding hydrogens is 291 g/mol. The molecule has 1 aromatic rings. The molecule has 0 spiro atoms. The molecule has 0 radical (unpaired) electrons. The number of benzene rings is 1. The predicted molar refractivity (Wildman–Crippen MR) is 74.4 cm³/mol. The van der Waals surface area contributed by atoms with Gasteiger partial charge >= 0.3 is 11.8 Å². The zero-order valence-electron chi connectivity index (χ0n) is 10.2. The highest BCUT2D eigenvalue weighted by molar-refractivity contribution is 6.40. The predicted octanol–water partition coefficient (Wildman–Crippen LogP) is 1.82. The second-order valence-electron chi connectivity index (χ2n) is 4.01. The first-order valence-corrected chi connectivity index (χ1v) is 6.37. The van der Waals surface area contributed by atoms with E-state index in [1.165, 1.54) is 18.2 Å². The van der Waals surface area contributed by atoms with Crippen molar-refractivity contribution in [3.8, 4) is 0 Å². The molecule has 0 heterocycles. The number of nitrogens with one attached hydrogen (secondary N) is 2. The summed E-state index contributed by atoms with van der Waals surface area (Å²) in [5, 5.41) is 14.5. The van der Waals surface area contributed by atoms with Crippen LogP contribution in [0.1, 0.15) is 13.3 Å². The minimum Gasteiger partial charge on any atom is -0.393 e. The molecule has 0 bridgehead atoms. The highest BCUT2D eigenvalue weighted by Gasteiger charge is 2.13. The Labute approximate surface area is 120 Å². The van der Waals surface area contributed by atoms with E-state index in [4.69, 9.17) is 28.3 Å². The second kappa shape index (κ2) is 7.33. The van der Waals surface area contributed by atoms with Crippen molar-refractivity contribution in [2.24, 2.45) is 0 Å². The van der Waals surface area contributed by atoms with Crippen LogP contribution in [-0.2, 0) is 9.59 Å². The molecule has 0 fully saturated rings. The number of aliphatic hydroxyl groups excluding tert-OH is 1. The van der Waals surface area contributed by atoms with Crippen LogP contribution in [0.2, 0.25) is 10.0 Å². The minimum atomic E-state index is -0.816. The highest BCUT2D eigenvalue weighted by Crippen LogP contribution is 2.22.